The number of fused-ring (bicyclic) bond motifs is 2. The third-order valence-corrected chi connectivity index (χ3v) is 16.1. The van der Waals surface area contributed by atoms with Gasteiger partial charge < -0.3 is 75.0 Å². The lowest BCUT2D eigenvalue weighted by molar-refractivity contribution is -0.313. The smallest absolute Gasteiger partial charge is 0.416 e. The first kappa shape index (κ1) is 80.9. The fourth-order valence-corrected chi connectivity index (χ4v) is 12.1. The summed E-state index contributed by atoms with van der Waals surface area (Å²) >= 11 is 0. The summed E-state index contributed by atoms with van der Waals surface area (Å²) in [6, 6.07) is 80.9. The molecule has 0 radical (unpaired) electrons. The van der Waals surface area contributed by atoms with Gasteiger partial charge in [-0.15, -0.1) is 0 Å². The lowest BCUT2D eigenvalue weighted by Crippen LogP contribution is -2.53. The third kappa shape index (κ3) is 21.3. The van der Waals surface area contributed by atoms with Crippen LogP contribution in [0, 0.1) is 5.92 Å². The Bertz CT molecular complexity index is 4520. The Labute approximate surface area is 597 Å². The second-order valence-electron chi connectivity index (χ2n) is 23.1. The average Bonchev–Trinajstić information content (AvgIpc) is 0.676. The van der Waals surface area contributed by atoms with Gasteiger partial charge in [0.15, 0.2) is 0 Å². The van der Waals surface area contributed by atoms with Crippen LogP contribution in [-0.2, 0) is 41.7 Å². The number of rotatable bonds is 4. The Morgan fingerprint density at radius 3 is 0.990 bits per heavy atom. The van der Waals surface area contributed by atoms with E-state index in [9.17, 15) is 55.7 Å². The first-order valence-electron chi connectivity index (χ1n) is 31.6. The number of phenols is 3. The maximum atomic E-state index is 12.5. The van der Waals surface area contributed by atoms with Crippen molar-refractivity contribution in [2.75, 3.05) is 0 Å². The van der Waals surface area contributed by atoms with E-state index >= 15 is 0 Å². The van der Waals surface area contributed by atoms with E-state index in [1.54, 1.807) is 24.3 Å². The zero-order chi connectivity index (χ0) is 77.3. The topological polar surface area (TPSA) is 336 Å². The highest BCUT2D eigenvalue weighted by Gasteiger charge is 2.52. The molecule has 105 heavy (non-hydrogen) atoms. The molecule has 11 aromatic rings. The summed E-state index contributed by atoms with van der Waals surface area (Å²) in [6.07, 6.45) is -8.53. The van der Waals surface area contributed by atoms with Crippen molar-refractivity contribution in [1.29, 1.82) is 0 Å². The van der Waals surface area contributed by atoms with E-state index < -0.39 is 99.2 Å². The van der Waals surface area contributed by atoms with E-state index in [-0.39, 0.29) is 17.8 Å². The highest BCUT2D eigenvalue weighted by molar-refractivity contribution is 5.95. The van der Waals surface area contributed by atoms with E-state index in [1.807, 2.05) is 140 Å². The van der Waals surface area contributed by atoms with Crippen LogP contribution >= 0.6 is 0 Å². The molecule has 0 fully saturated rings. The van der Waals surface area contributed by atoms with Crippen molar-refractivity contribution in [1.82, 2.24) is 0 Å². The van der Waals surface area contributed by atoms with E-state index in [2.05, 4.69) is 72.8 Å². The summed E-state index contributed by atoms with van der Waals surface area (Å²) < 4.78 is 72.4. The molecule has 0 amide bonds. The van der Waals surface area contributed by atoms with Crippen LogP contribution in [0.25, 0.3) is 10.8 Å². The van der Waals surface area contributed by atoms with Crippen molar-refractivity contribution in [3.8, 4) is 17.2 Å². The van der Waals surface area contributed by atoms with Gasteiger partial charge in [-0.3, -0.25) is 0 Å². The quantitative estimate of drug-likeness (QED) is 0.102. The molecule has 6 aliphatic carbocycles. The molecule has 542 valence electrons. The number of alkyl halides is 6. The molecule has 11 aromatic carbocycles. The zero-order valence-corrected chi connectivity index (χ0v) is 55.9. The Kier molecular flexibility index (Phi) is 28.5. The summed E-state index contributed by atoms with van der Waals surface area (Å²) in [7, 11) is 0. The van der Waals surface area contributed by atoms with Crippen LogP contribution < -0.4 is 25.5 Å². The summed E-state index contributed by atoms with van der Waals surface area (Å²) in [5.74, 6) is -9.69. The normalized spacial score (nSPS) is 15.6. The van der Waals surface area contributed by atoms with Crippen LogP contribution in [0.1, 0.15) is 132 Å². The number of carbonyl (C=O) groups excluding carboxylic acids is 5. The number of carboxylic acids is 7. The fourth-order valence-electron chi connectivity index (χ4n) is 12.1. The number of hydrogen-bond acceptors (Lipinski definition) is 15. The van der Waals surface area contributed by atoms with E-state index in [1.165, 1.54) is 33.0 Å². The van der Waals surface area contributed by atoms with Gasteiger partial charge in [0, 0.05) is 47.5 Å². The Morgan fingerprint density at radius 1 is 0.371 bits per heavy atom. The largest absolute Gasteiger partial charge is 0.550 e. The van der Waals surface area contributed by atoms with Crippen molar-refractivity contribution in [2.45, 2.75) is 62.7 Å². The summed E-state index contributed by atoms with van der Waals surface area (Å²) in [6.45, 7) is 2.92. The zero-order valence-electron chi connectivity index (χ0n) is 55.9. The number of para-hydroxylation sites is 1. The highest BCUT2D eigenvalue weighted by Crippen LogP contribution is 2.59. The first-order chi connectivity index (χ1) is 49.7. The molecule has 0 aromatic heterocycles. The number of carbonyl (C=O) groups is 7. The minimum Gasteiger partial charge on any atom is -0.550 e. The van der Waals surface area contributed by atoms with E-state index in [4.69, 9.17) is 55.2 Å². The Morgan fingerprint density at radius 2 is 0.676 bits per heavy atom. The second kappa shape index (κ2) is 37.0. The van der Waals surface area contributed by atoms with Crippen LogP contribution in [0.3, 0.4) is 0 Å². The van der Waals surface area contributed by atoms with E-state index in [0.29, 0.717) is 48.6 Å². The molecule has 0 saturated carbocycles. The van der Waals surface area contributed by atoms with Crippen molar-refractivity contribution >= 4 is 52.6 Å². The van der Waals surface area contributed by atoms with Gasteiger partial charge in [-0.2, -0.15) is 26.3 Å². The Hall–Kier alpha value is -13.1. The minimum atomic E-state index is -4.61. The molecular weight excluding hydrogens is 1370 g/mol. The maximum Gasteiger partial charge on any atom is 0.416 e. The van der Waals surface area contributed by atoms with Gasteiger partial charge in [0.1, 0.15) is 28.4 Å². The molecule has 0 heterocycles. The van der Waals surface area contributed by atoms with Gasteiger partial charge in [0.25, 0.3) is 0 Å². The molecule has 4 bridgehead atoms. The molecule has 23 heteroatoms. The van der Waals surface area contributed by atoms with Gasteiger partial charge in [-0.05, 0) is 142 Å². The molecule has 6 aliphatic rings. The number of phenolic OH excluding ortho intramolecular Hbond substituents is 1. The van der Waals surface area contributed by atoms with Crippen LogP contribution in [0.5, 0.6) is 17.2 Å². The van der Waals surface area contributed by atoms with Crippen LogP contribution in [-0.4, -0.2) is 67.3 Å². The maximum absolute atomic E-state index is 12.5. The highest BCUT2D eigenvalue weighted by atomic mass is 19.4. The van der Waals surface area contributed by atoms with Crippen LogP contribution in [0.2, 0.25) is 0 Å². The molecule has 0 aliphatic heterocycles. The van der Waals surface area contributed by atoms with Gasteiger partial charge in [0.2, 0.25) is 0 Å². The first-order valence-corrected chi connectivity index (χ1v) is 31.6. The number of aromatic hydroxyl groups is 3. The molecule has 0 spiro atoms. The summed E-state index contributed by atoms with van der Waals surface area (Å²) in [4.78, 5) is 71.3. The van der Waals surface area contributed by atoms with E-state index in [0.717, 1.165) is 54.2 Å². The lowest BCUT2D eigenvalue weighted by atomic mass is 9.53. The second-order valence-corrected chi connectivity index (χ2v) is 23.1. The van der Waals surface area contributed by atoms with Crippen molar-refractivity contribution < 1.29 is 111 Å². The molecule has 0 saturated heterocycles. The number of aliphatic carboxylic acids is 5. The number of halogens is 6. The van der Waals surface area contributed by atoms with Gasteiger partial charge in [-0.1, -0.05) is 224 Å². The summed E-state index contributed by atoms with van der Waals surface area (Å²) in [5.41, 5.74) is 6.00. The number of hydrogen-bond donors (Lipinski definition) is 5. The third-order valence-electron chi connectivity index (χ3n) is 16.1. The lowest BCUT2D eigenvalue weighted by Gasteiger charge is -2.51. The molecular formula is C82H65F6O17-5. The van der Waals surface area contributed by atoms with Crippen molar-refractivity contribution in [2.24, 2.45) is 5.92 Å². The fraction of sp³-hybridized carbons (Fsp3) is 0.134. The molecule has 17 rings (SSSR count). The average molecular weight is 1440 g/mol. The molecule has 1 unspecified atom stereocenters. The SMILES string of the molecule is CC(=O)[O-].CC(=O)[O-].CC(=O)[O-].O=C(O)c1cc(C(F)(F)F)ccc1O.O=C(O)c1ccc(C(F)(F)F)cc1O.O=C([O-])C12c3ccccc3C(c3ccccc31)c1ccccc12.O=C([O-])C1CC2c3ccccc3C1c1ccccc12.Oc1ccccc1.c1ccc2ccccc2c1.c1ccccc1. The number of aromatic carboxylic acids is 2. The standard InChI is InChI=1S/C21H14O2.C17H14O2.C10H8.2C8H5F3O3.C6H6O.C6H6.3C2H4O2/c22-20(23)21-16-10-4-1-7-13(16)19(14-8-2-5-11-17(14)21)15-9-3-6-12-18(15)21;18-17(19)15-9-14-10-5-1-3-7-12(10)16(15)13-8-4-2-6-11(13)14;1-2-6-10-8-4-3-7-9(10)5-1;9-8(10,11)4-1-2-6(12)5(3-4)7(13)14;9-8(10,11)4-1-2-5(7(13)14)6(12)3-4;7-6-4-2-1-3-5-6;1-2-4-6-5-3-1;3*1-2(3)4/h1-12,19H,(H,22,23);1-8,14-16H,9H2,(H,18,19);1-8H;2*1-3,12H,(H,13,14);1-5,7H;1-6H;3*1H3,(H,3,4)/p-5. The van der Waals surface area contributed by atoms with Crippen LogP contribution in [0.15, 0.2) is 273 Å². The Balaban J connectivity index is 0.000000193. The van der Waals surface area contributed by atoms with Gasteiger partial charge >= 0.3 is 24.3 Å². The van der Waals surface area contributed by atoms with Crippen molar-refractivity contribution in [3.05, 3.63) is 351 Å². The molecule has 1 atom stereocenters. The van der Waals surface area contributed by atoms with Gasteiger partial charge in [-0.25, -0.2) is 9.59 Å². The number of carboxylic acid groups (broad SMARTS) is 7. The minimum absolute atomic E-state index is 0.0394. The molecule has 17 nitrogen and oxygen atoms in total. The predicted molar refractivity (Wildman–Crippen MR) is 366 cm³/mol. The van der Waals surface area contributed by atoms with Crippen molar-refractivity contribution in [3.63, 3.8) is 0 Å². The van der Waals surface area contributed by atoms with Crippen LogP contribution in [0.4, 0.5) is 26.3 Å². The molecule has 5 N–H and O–H groups in total. The monoisotopic (exact) mass is 1440 g/mol. The van der Waals surface area contributed by atoms with Gasteiger partial charge in [0.05, 0.1) is 22.5 Å². The predicted octanol–water partition coefficient (Wildman–Crippen LogP) is 11.0. The number of benzene rings is 11. The summed E-state index contributed by atoms with van der Waals surface area (Å²) in [5, 5.41) is 96.6.